The summed E-state index contributed by atoms with van der Waals surface area (Å²) in [6.07, 6.45) is 1.71. The van der Waals surface area contributed by atoms with Crippen molar-refractivity contribution in [2.24, 2.45) is 0 Å². The molecule has 1 heterocycles. The van der Waals surface area contributed by atoms with Crippen molar-refractivity contribution in [1.29, 1.82) is 0 Å². The molecule has 0 saturated carbocycles. The molecule has 3 aromatic rings. The minimum Gasteiger partial charge on any atom is -0.467 e. The number of rotatable bonds is 8. The van der Waals surface area contributed by atoms with E-state index in [1.54, 1.807) is 6.07 Å². The van der Waals surface area contributed by atoms with E-state index in [0.29, 0.717) is 22.3 Å². The number of hydrogen-bond donors (Lipinski definition) is 2. The molecule has 0 saturated heterocycles. The first-order valence-corrected chi connectivity index (χ1v) is 9.96. The summed E-state index contributed by atoms with van der Waals surface area (Å²) < 4.78 is 18.0. The maximum absolute atomic E-state index is 13.2. The van der Waals surface area contributed by atoms with Gasteiger partial charge in [-0.2, -0.15) is 0 Å². The minimum atomic E-state index is -1.03. The van der Waals surface area contributed by atoms with Crippen LogP contribution in [0.1, 0.15) is 18.2 Å². The van der Waals surface area contributed by atoms with Gasteiger partial charge in [0.15, 0.2) is 0 Å². The summed E-state index contributed by atoms with van der Waals surface area (Å²) in [6.45, 7) is 1.29. The Labute approximate surface area is 184 Å². The lowest BCUT2D eigenvalue weighted by molar-refractivity contribution is -0.145. The summed E-state index contributed by atoms with van der Waals surface area (Å²) in [5.74, 6) is -2.05. The average molecular weight is 438 g/mol. The van der Waals surface area contributed by atoms with E-state index in [1.807, 2.05) is 18.2 Å². The van der Waals surface area contributed by atoms with Gasteiger partial charge in [0.2, 0.25) is 11.8 Å². The number of hydrogen-bond acceptors (Lipinski definition) is 6. The number of carbonyl (C=O) groups is 3. The lowest BCUT2D eigenvalue weighted by atomic mass is 10.0. The molecule has 0 fully saturated rings. The van der Waals surface area contributed by atoms with Gasteiger partial charge in [0.1, 0.15) is 17.9 Å². The molecule has 0 bridgehead atoms. The predicted molar refractivity (Wildman–Crippen MR) is 115 cm³/mol. The van der Waals surface area contributed by atoms with Crippen molar-refractivity contribution in [3.8, 4) is 0 Å². The van der Waals surface area contributed by atoms with Crippen molar-refractivity contribution in [2.75, 3.05) is 7.11 Å². The smallest absolute Gasteiger partial charge is 0.328 e. The van der Waals surface area contributed by atoms with Crippen molar-refractivity contribution < 1.29 is 23.5 Å². The number of amides is 2. The Balaban J connectivity index is 1.77. The second-order valence-electron chi connectivity index (χ2n) is 7.22. The van der Waals surface area contributed by atoms with E-state index in [1.165, 1.54) is 44.5 Å². The Kier molecular flexibility index (Phi) is 7.43. The molecular formula is C23H23FN4O4. The number of benzene rings is 2. The standard InChI is InChI=1S/C23H23FN4O4/c1-14(29)26-20(11-15-7-9-16(24)10-8-15)22(30)28-21(23(31)32-2)12-17-13-25-18-5-3-4-6-19(18)27-17/h3-10,13,20-21H,11-12H2,1-2H3,(H,26,29)(H,28,30)/t20-,21-/m1/s1. The monoisotopic (exact) mass is 438 g/mol. The molecule has 166 valence electrons. The maximum Gasteiger partial charge on any atom is 0.328 e. The topological polar surface area (TPSA) is 110 Å². The SMILES string of the molecule is COC(=O)[C@@H](Cc1cnc2ccccc2n1)NC(=O)[C@@H](Cc1ccc(F)cc1)NC(C)=O. The Morgan fingerprint density at radius 1 is 0.969 bits per heavy atom. The largest absolute Gasteiger partial charge is 0.467 e. The number of fused-ring (bicyclic) bond motifs is 1. The lowest BCUT2D eigenvalue weighted by Crippen LogP contribution is -2.53. The normalized spacial score (nSPS) is 12.6. The molecule has 32 heavy (non-hydrogen) atoms. The number of nitrogens with one attached hydrogen (secondary N) is 2. The summed E-state index contributed by atoms with van der Waals surface area (Å²) in [5, 5.41) is 5.20. The van der Waals surface area contributed by atoms with Crippen molar-refractivity contribution in [2.45, 2.75) is 31.8 Å². The van der Waals surface area contributed by atoms with Crippen LogP contribution in [0.25, 0.3) is 11.0 Å². The van der Waals surface area contributed by atoms with E-state index < -0.39 is 35.7 Å². The highest BCUT2D eigenvalue weighted by Crippen LogP contribution is 2.11. The number of para-hydroxylation sites is 2. The molecule has 8 nitrogen and oxygen atoms in total. The van der Waals surface area contributed by atoms with Gasteiger partial charge in [0, 0.05) is 26.0 Å². The predicted octanol–water partition coefficient (Wildman–Crippen LogP) is 1.72. The van der Waals surface area contributed by atoms with Crippen LogP contribution in [0.3, 0.4) is 0 Å². The van der Waals surface area contributed by atoms with E-state index in [2.05, 4.69) is 20.6 Å². The van der Waals surface area contributed by atoms with Gasteiger partial charge in [-0.3, -0.25) is 14.6 Å². The molecule has 0 radical (unpaired) electrons. The van der Waals surface area contributed by atoms with E-state index in [9.17, 15) is 18.8 Å². The second-order valence-corrected chi connectivity index (χ2v) is 7.22. The summed E-state index contributed by atoms with van der Waals surface area (Å²) in [6, 6.07) is 10.9. The van der Waals surface area contributed by atoms with Crippen molar-refractivity contribution >= 4 is 28.8 Å². The van der Waals surface area contributed by atoms with Gasteiger partial charge < -0.3 is 15.4 Å². The first-order valence-electron chi connectivity index (χ1n) is 9.96. The minimum absolute atomic E-state index is 0.0551. The molecule has 3 rings (SSSR count). The third-order valence-electron chi connectivity index (χ3n) is 4.76. The van der Waals surface area contributed by atoms with Crippen molar-refractivity contribution in [1.82, 2.24) is 20.6 Å². The van der Waals surface area contributed by atoms with Gasteiger partial charge in [-0.15, -0.1) is 0 Å². The van der Waals surface area contributed by atoms with Gasteiger partial charge in [0.05, 0.1) is 23.8 Å². The zero-order valence-electron chi connectivity index (χ0n) is 17.7. The second kappa shape index (κ2) is 10.4. The van der Waals surface area contributed by atoms with E-state index in [0.717, 1.165) is 0 Å². The molecule has 2 aromatic carbocycles. The van der Waals surface area contributed by atoms with Crippen molar-refractivity contribution in [3.05, 3.63) is 71.8 Å². The van der Waals surface area contributed by atoms with Crippen LogP contribution in [0.5, 0.6) is 0 Å². The molecular weight excluding hydrogens is 415 g/mol. The molecule has 0 aliphatic heterocycles. The molecule has 0 aliphatic rings. The highest BCUT2D eigenvalue weighted by molar-refractivity contribution is 5.90. The lowest BCUT2D eigenvalue weighted by Gasteiger charge is -2.22. The molecule has 2 N–H and O–H groups in total. The maximum atomic E-state index is 13.2. The molecule has 9 heteroatoms. The average Bonchev–Trinajstić information content (AvgIpc) is 2.78. The Hall–Kier alpha value is -3.88. The number of esters is 1. The highest BCUT2D eigenvalue weighted by Gasteiger charge is 2.28. The zero-order valence-corrected chi connectivity index (χ0v) is 17.7. The third-order valence-corrected chi connectivity index (χ3v) is 4.76. The summed E-state index contributed by atoms with van der Waals surface area (Å²) in [7, 11) is 1.22. The van der Waals surface area contributed by atoms with Crippen LogP contribution in [-0.4, -0.2) is 46.9 Å². The number of halogens is 1. The van der Waals surface area contributed by atoms with E-state index in [4.69, 9.17) is 4.74 Å². The Bertz CT molecular complexity index is 1120. The Morgan fingerprint density at radius 3 is 2.31 bits per heavy atom. The van der Waals surface area contributed by atoms with E-state index >= 15 is 0 Å². The van der Waals surface area contributed by atoms with Gasteiger partial charge in [0.25, 0.3) is 0 Å². The number of carbonyl (C=O) groups excluding carboxylic acids is 3. The van der Waals surface area contributed by atoms with Crippen molar-refractivity contribution in [3.63, 3.8) is 0 Å². The quantitative estimate of drug-likeness (QED) is 0.518. The summed E-state index contributed by atoms with van der Waals surface area (Å²) in [4.78, 5) is 45.7. The zero-order chi connectivity index (χ0) is 23.1. The third kappa shape index (κ3) is 6.07. The summed E-state index contributed by atoms with van der Waals surface area (Å²) in [5.41, 5.74) is 2.51. The number of nitrogens with zero attached hydrogens (tertiary/aromatic N) is 2. The molecule has 0 unspecified atom stereocenters. The van der Waals surface area contributed by atoms with Crippen LogP contribution in [-0.2, 0) is 32.0 Å². The number of aromatic nitrogens is 2. The van der Waals surface area contributed by atoms with Gasteiger partial charge in [-0.25, -0.2) is 14.2 Å². The van der Waals surface area contributed by atoms with Crippen LogP contribution in [0.15, 0.2) is 54.7 Å². The first-order chi connectivity index (χ1) is 15.4. The first kappa shape index (κ1) is 22.8. The molecule has 2 atom stereocenters. The van der Waals surface area contributed by atoms with Crippen LogP contribution in [0.2, 0.25) is 0 Å². The van der Waals surface area contributed by atoms with Gasteiger partial charge in [-0.1, -0.05) is 24.3 Å². The van der Waals surface area contributed by atoms with E-state index in [-0.39, 0.29) is 12.8 Å². The number of methoxy groups -OCH3 is 1. The molecule has 1 aromatic heterocycles. The van der Waals surface area contributed by atoms with Crippen LogP contribution in [0.4, 0.5) is 4.39 Å². The summed E-state index contributed by atoms with van der Waals surface area (Å²) >= 11 is 0. The fourth-order valence-corrected chi connectivity index (χ4v) is 3.22. The number of ether oxygens (including phenoxy) is 1. The fraction of sp³-hybridized carbons (Fsp3) is 0.261. The van der Waals surface area contributed by atoms with Gasteiger partial charge >= 0.3 is 5.97 Å². The molecule has 2 amide bonds. The van der Waals surface area contributed by atoms with Crippen LogP contribution in [0, 0.1) is 5.82 Å². The highest BCUT2D eigenvalue weighted by atomic mass is 19.1. The molecule has 0 aliphatic carbocycles. The Morgan fingerprint density at radius 2 is 1.66 bits per heavy atom. The van der Waals surface area contributed by atoms with Gasteiger partial charge in [-0.05, 0) is 29.8 Å². The van der Waals surface area contributed by atoms with Crippen LogP contribution < -0.4 is 10.6 Å². The fourth-order valence-electron chi connectivity index (χ4n) is 3.22. The van der Waals surface area contributed by atoms with Crippen LogP contribution >= 0.6 is 0 Å². The molecule has 0 spiro atoms.